The first-order valence-electron chi connectivity index (χ1n) is 7.93. The smallest absolute Gasteiger partial charge is 0.419 e. The van der Waals surface area contributed by atoms with Crippen LogP contribution in [0.2, 0.25) is 0 Å². The van der Waals surface area contributed by atoms with E-state index in [0.29, 0.717) is 15.0 Å². The quantitative estimate of drug-likeness (QED) is 0.484. The molecule has 0 bridgehead atoms. The number of nitrogens with zero attached hydrogens (tertiary/aromatic N) is 1. The van der Waals surface area contributed by atoms with E-state index in [1.807, 2.05) is 51.1 Å². The van der Waals surface area contributed by atoms with Gasteiger partial charge in [0.25, 0.3) is 0 Å². The summed E-state index contributed by atoms with van der Waals surface area (Å²) in [6, 6.07) is 11.3. The lowest BCUT2D eigenvalue weighted by atomic mass is 10.1. The summed E-state index contributed by atoms with van der Waals surface area (Å²) >= 11 is 4.84. The minimum atomic E-state index is -0.638. The highest BCUT2D eigenvalue weighted by Crippen LogP contribution is 2.43. The van der Waals surface area contributed by atoms with E-state index in [1.54, 1.807) is 6.07 Å². The molecule has 0 saturated carbocycles. The van der Waals surface area contributed by atoms with Crippen molar-refractivity contribution in [3.63, 3.8) is 0 Å². The molecule has 0 aliphatic carbocycles. The molecule has 0 unspecified atom stereocenters. The summed E-state index contributed by atoms with van der Waals surface area (Å²) in [6.07, 6.45) is -0.509. The Morgan fingerprint density at radius 1 is 1.15 bits per heavy atom. The predicted octanol–water partition coefficient (Wildman–Crippen LogP) is 5.70. The van der Waals surface area contributed by atoms with Crippen molar-refractivity contribution in [2.75, 3.05) is 7.11 Å². The standard InChI is InChI=1S/C19H18BrNO4S/c1-19(2,3)25-18(23)21-12-10-13(17(22)24-4)26-15(12)14(16(21)20)11-8-6-5-7-9-11/h5-10H,1-4H3. The van der Waals surface area contributed by atoms with Crippen LogP contribution < -0.4 is 0 Å². The summed E-state index contributed by atoms with van der Waals surface area (Å²) in [5.74, 6) is -0.433. The fourth-order valence-corrected chi connectivity index (χ4v) is 4.60. The second kappa shape index (κ2) is 6.89. The molecule has 26 heavy (non-hydrogen) atoms. The van der Waals surface area contributed by atoms with Crippen molar-refractivity contribution in [1.82, 2.24) is 4.57 Å². The summed E-state index contributed by atoms with van der Waals surface area (Å²) < 4.78 is 13.2. The van der Waals surface area contributed by atoms with E-state index in [4.69, 9.17) is 9.47 Å². The van der Waals surface area contributed by atoms with Crippen LogP contribution in [0.5, 0.6) is 0 Å². The van der Waals surface area contributed by atoms with Gasteiger partial charge in [0.2, 0.25) is 0 Å². The number of esters is 1. The number of hydrogen-bond donors (Lipinski definition) is 0. The van der Waals surface area contributed by atoms with E-state index >= 15 is 0 Å². The van der Waals surface area contributed by atoms with Crippen LogP contribution in [0.25, 0.3) is 21.3 Å². The molecule has 3 rings (SSSR count). The van der Waals surface area contributed by atoms with Gasteiger partial charge in [-0.15, -0.1) is 11.3 Å². The molecule has 0 aliphatic rings. The number of hydrogen-bond acceptors (Lipinski definition) is 5. The van der Waals surface area contributed by atoms with Gasteiger partial charge in [-0.2, -0.15) is 0 Å². The summed E-state index contributed by atoms with van der Waals surface area (Å²) in [5, 5.41) is 0. The van der Waals surface area contributed by atoms with Crippen LogP contribution in [0.4, 0.5) is 4.79 Å². The summed E-state index contributed by atoms with van der Waals surface area (Å²) in [7, 11) is 1.34. The second-order valence-electron chi connectivity index (χ2n) is 6.66. The van der Waals surface area contributed by atoms with Crippen molar-refractivity contribution >= 4 is 49.5 Å². The van der Waals surface area contributed by atoms with Crippen LogP contribution in [0.3, 0.4) is 0 Å². The highest BCUT2D eigenvalue weighted by atomic mass is 79.9. The van der Waals surface area contributed by atoms with Gasteiger partial charge in [-0.1, -0.05) is 30.3 Å². The van der Waals surface area contributed by atoms with Crippen molar-refractivity contribution in [1.29, 1.82) is 0 Å². The average molecular weight is 436 g/mol. The van der Waals surface area contributed by atoms with Crippen molar-refractivity contribution in [2.45, 2.75) is 26.4 Å². The highest BCUT2D eigenvalue weighted by molar-refractivity contribution is 9.10. The van der Waals surface area contributed by atoms with Gasteiger partial charge in [0.1, 0.15) is 15.1 Å². The SMILES string of the molecule is COC(=O)c1cc2c(s1)c(-c1ccccc1)c(Br)n2C(=O)OC(C)(C)C. The molecule has 0 radical (unpaired) electrons. The lowest BCUT2D eigenvalue weighted by molar-refractivity contribution is 0.0538. The zero-order valence-electron chi connectivity index (χ0n) is 14.8. The first-order valence-corrected chi connectivity index (χ1v) is 9.54. The Kier molecular flexibility index (Phi) is 4.94. The van der Waals surface area contributed by atoms with Gasteiger partial charge in [0.15, 0.2) is 0 Å². The first-order chi connectivity index (χ1) is 12.2. The predicted molar refractivity (Wildman–Crippen MR) is 106 cm³/mol. The Morgan fingerprint density at radius 3 is 2.38 bits per heavy atom. The molecule has 2 aromatic heterocycles. The second-order valence-corrected chi connectivity index (χ2v) is 8.47. The number of carbonyl (C=O) groups excluding carboxylic acids is 2. The van der Waals surface area contributed by atoms with Gasteiger partial charge in [0, 0.05) is 5.56 Å². The van der Waals surface area contributed by atoms with Gasteiger partial charge in [-0.3, -0.25) is 0 Å². The molecule has 1 aromatic carbocycles. The van der Waals surface area contributed by atoms with Gasteiger partial charge in [-0.05, 0) is 48.3 Å². The van der Waals surface area contributed by atoms with E-state index in [9.17, 15) is 9.59 Å². The number of halogens is 1. The van der Waals surface area contributed by atoms with Crippen molar-refractivity contribution in [3.8, 4) is 11.1 Å². The van der Waals surface area contributed by atoms with Gasteiger partial charge in [-0.25, -0.2) is 14.2 Å². The normalized spacial score (nSPS) is 11.6. The van der Waals surface area contributed by atoms with Crippen LogP contribution in [0.15, 0.2) is 41.0 Å². The van der Waals surface area contributed by atoms with Crippen LogP contribution in [0, 0.1) is 0 Å². The van der Waals surface area contributed by atoms with E-state index in [-0.39, 0.29) is 0 Å². The Hall–Kier alpha value is -2.12. The molecule has 136 valence electrons. The molecule has 7 heteroatoms. The third-order valence-corrected chi connectivity index (χ3v) is 5.48. The largest absolute Gasteiger partial charge is 0.465 e. The Labute approximate surface area is 163 Å². The lowest BCUT2D eigenvalue weighted by Gasteiger charge is -2.20. The van der Waals surface area contributed by atoms with Crippen molar-refractivity contribution < 1.29 is 19.1 Å². The van der Waals surface area contributed by atoms with Crippen LogP contribution in [-0.4, -0.2) is 29.3 Å². The Balaban J connectivity index is 2.26. The molecule has 0 saturated heterocycles. The minimum absolute atomic E-state index is 0.430. The number of fused-ring (bicyclic) bond motifs is 1. The zero-order chi connectivity index (χ0) is 19.1. The van der Waals surface area contributed by atoms with Gasteiger partial charge in [0.05, 0.1) is 17.3 Å². The van der Waals surface area contributed by atoms with Crippen molar-refractivity contribution in [2.24, 2.45) is 0 Å². The Bertz CT molecular complexity index is 983. The molecule has 5 nitrogen and oxygen atoms in total. The molecule has 0 fully saturated rings. The third-order valence-electron chi connectivity index (χ3n) is 3.61. The van der Waals surface area contributed by atoms with Crippen LogP contribution in [-0.2, 0) is 9.47 Å². The van der Waals surface area contributed by atoms with Crippen LogP contribution >= 0.6 is 27.3 Å². The number of methoxy groups -OCH3 is 1. The van der Waals surface area contributed by atoms with E-state index in [2.05, 4.69) is 15.9 Å². The van der Waals surface area contributed by atoms with E-state index in [1.165, 1.54) is 23.0 Å². The number of thiophene rings is 1. The van der Waals surface area contributed by atoms with E-state index < -0.39 is 17.7 Å². The summed E-state index contributed by atoms with van der Waals surface area (Å²) in [6.45, 7) is 5.43. The molecule has 3 aromatic rings. The van der Waals surface area contributed by atoms with Crippen LogP contribution in [0.1, 0.15) is 30.4 Å². The number of ether oxygens (including phenoxy) is 2. The highest BCUT2D eigenvalue weighted by Gasteiger charge is 2.28. The number of benzene rings is 1. The molecule has 0 amide bonds. The summed E-state index contributed by atoms with van der Waals surface area (Å²) in [4.78, 5) is 25.2. The number of rotatable bonds is 2. The average Bonchev–Trinajstić information content (AvgIpc) is 3.09. The van der Waals surface area contributed by atoms with Gasteiger partial charge >= 0.3 is 12.1 Å². The number of carbonyl (C=O) groups is 2. The Morgan fingerprint density at radius 2 is 1.81 bits per heavy atom. The zero-order valence-corrected chi connectivity index (χ0v) is 17.2. The summed E-state index contributed by atoms with van der Waals surface area (Å²) in [5.41, 5.74) is 1.74. The first kappa shape index (κ1) is 18.7. The molecule has 0 aliphatic heterocycles. The minimum Gasteiger partial charge on any atom is -0.465 e. The topological polar surface area (TPSA) is 57.5 Å². The number of aromatic nitrogens is 1. The molecule has 0 spiro atoms. The fraction of sp³-hybridized carbons (Fsp3) is 0.263. The van der Waals surface area contributed by atoms with Gasteiger partial charge < -0.3 is 9.47 Å². The van der Waals surface area contributed by atoms with E-state index in [0.717, 1.165) is 15.8 Å². The lowest BCUT2D eigenvalue weighted by Crippen LogP contribution is -2.27. The van der Waals surface area contributed by atoms with Crippen molar-refractivity contribution in [3.05, 3.63) is 45.9 Å². The molecule has 0 atom stereocenters. The molecular weight excluding hydrogens is 418 g/mol. The maximum atomic E-state index is 12.8. The maximum Gasteiger partial charge on any atom is 0.419 e. The fourth-order valence-electron chi connectivity index (χ4n) is 2.58. The maximum absolute atomic E-state index is 12.8. The monoisotopic (exact) mass is 435 g/mol. The molecule has 0 N–H and O–H groups in total. The third kappa shape index (κ3) is 3.41. The molecule has 2 heterocycles. The molecular formula is C19H18BrNO4S.